The van der Waals surface area contributed by atoms with Crippen molar-refractivity contribution in [2.45, 2.75) is 39.7 Å². The zero-order chi connectivity index (χ0) is 13.3. The summed E-state index contributed by atoms with van der Waals surface area (Å²) in [5, 5.41) is 11.1. The number of fused-ring (bicyclic) bond motifs is 1. The van der Waals surface area contributed by atoms with Crippen LogP contribution in [0.4, 0.5) is 0 Å². The summed E-state index contributed by atoms with van der Waals surface area (Å²) in [6, 6.07) is 4.47. The van der Waals surface area contributed by atoms with Crippen LogP contribution in [0.2, 0.25) is 5.02 Å². The molecule has 1 aromatic heterocycles. The van der Waals surface area contributed by atoms with Crippen LogP contribution in [0.5, 0.6) is 0 Å². The third-order valence-corrected chi connectivity index (χ3v) is 3.83. The van der Waals surface area contributed by atoms with E-state index in [0.717, 1.165) is 23.4 Å². The van der Waals surface area contributed by atoms with Gasteiger partial charge in [0, 0.05) is 29.3 Å². The average Bonchev–Trinajstić information content (AvgIpc) is 2.71. The largest absolute Gasteiger partial charge is 0.396 e. The molecule has 0 aliphatic carbocycles. The summed E-state index contributed by atoms with van der Waals surface area (Å²) in [6.45, 7) is 6.66. The highest BCUT2D eigenvalue weighted by molar-refractivity contribution is 6.32. The molecule has 0 radical (unpaired) electrons. The van der Waals surface area contributed by atoms with Crippen molar-refractivity contribution < 1.29 is 5.11 Å². The van der Waals surface area contributed by atoms with Gasteiger partial charge in [-0.05, 0) is 50.8 Å². The van der Waals surface area contributed by atoms with Crippen molar-refractivity contribution in [2.75, 3.05) is 6.61 Å². The van der Waals surface area contributed by atoms with E-state index < -0.39 is 0 Å². The Morgan fingerprint density at radius 2 is 2.06 bits per heavy atom. The summed E-state index contributed by atoms with van der Waals surface area (Å²) in [7, 11) is 0. The smallest absolute Gasteiger partial charge is 0.0530 e. The van der Waals surface area contributed by atoms with Crippen molar-refractivity contribution in [3.63, 3.8) is 0 Å². The Morgan fingerprint density at radius 3 is 2.67 bits per heavy atom. The second kappa shape index (κ2) is 5.33. The topological polar surface area (TPSA) is 25.2 Å². The van der Waals surface area contributed by atoms with E-state index in [9.17, 15) is 0 Å². The first kappa shape index (κ1) is 13.4. The first-order valence-corrected chi connectivity index (χ1v) is 6.83. The Hall–Kier alpha value is -0.990. The van der Waals surface area contributed by atoms with Gasteiger partial charge in [-0.15, -0.1) is 0 Å². The summed E-state index contributed by atoms with van der Waals surface area (Å²) in [5.74, 6) is 0. The van der Waals surface area contributed by atoms with Gasteiger partial charge in [0.2, 0.25) is 0 Å². The molecular formula is C15H20ClNO. The molecule has 0 atom stereocenters. The van der Waals surface area contributed by atoms with Crippen LogP contribution < -0.4 is 0 Å². The van der Waals surface area contributed by atoms with E-state index in [-0.39, 0.29) is 6.61 Å². The van der Waals surface area contributed by atoms with Crippen LogP contribution in [0.1, 0.15) is 37.4 Å². The lowest BCUT2D eigenvalue weighted by Crippen LogP contribution is -1.99. The van der Waals surface area contributed by atoms with Gasteiger partial charge in [-0.3, -0.25) is 0 Å². The number of hydrogen-bond donors (Lipinski definition) is 1. The minimum Gasteiger partial charge on any atom is -0.396 e. The number of nitrogens with zero attached hydrogens (tertiary/aromatic N) is 1. The van der Waals surface area contributed by atoms with Gasteiger partial charge in [0.25, 0.3) is 0 Å². The second-order valence-corrected chi connectivity index (χ2v) is 5.46. The number of hydrogen-bond acceptors (Lipinski definition) is 1. The first-order valence-electron chi connectivity index (χ1n) is 6.45. The minimum absolute atomic E-state index is 0.237. The monoisotopic (exact) mass is 265 g/mol. The summed E-state index contributed by atoms with van der Waals surface area (Å²) in [5.41, 5.74) is 3.66. The molecule has 2 nitrogen and oxygen atoms in total. The van der Waals surface area contributed by atoms with E-state index in [1.54, 1.807) is 0 Å². The van der Waals surface area contributed by atoms with Crippen molar-refractivity contribution in [2.24, 2.45) is 0 Å². The van der Waals surface area contributed by atoms with Gasteiger partial charge in [0.15, 0.2) is 0 Å². The second-order valence-electron chi connectivity index (χ2n) is 5.05. The number of aliphatic hydroxyl groups is 1. The van der Waals surface area contributed by atoms with E-state index >= 15 is 0 Å². The highest BCUT2D eigenvalue weighted by atomic mass is 35.5. The summed E-state index contributed by atoms with van der Waals surface area (Å²) in [6.07, 6.45) is 3.92. The van der Waals surface area contributed by atoms with Gasteiger partial charge < -0.3 is 9.67 Å². The molecular weight excluding hydrogens is 246 g/mol. The van der Waals surface area contributed by atoms with Gasteiger partial charge in [-0.25, -0.2) is 0 Å². The molecule has 0 saturated carbocycles. The Morgan fingerprint density at radius 1 is 1.33 bits per heavy atom. The van der Waals surface area contributed by atoms with Crippen LogP contribution in [-0.4, -0.2) is 16.3 Å². The van der Waals surface area contributed by atoms with Crippen LogP contribution in [0, 0.1) is 6.92 Å². The van der Waals surface area contributed by atoms with Crippen molar-refractivity contribution >= 4 is 22.5 Å². The summed E-state index contributed by atoms with van der Waals surface area (Å²) < 4.78 is 2.28. The molecule has 0 spiro atoms. The Kier molecular flexibility index (Phi) is 3.98. The van der Waals surface area contributed by atoms with Crippen molar-refractivity contribution in [1.29, 1.82) is 0 Å². The molecule has 98 valence electrons. The Bertz CT molecular complexity index is 557. The van der Waals surface area contributed by atoms with Crippen LogP contribution in [0.3, 0.4) is 0 Å². The highest BCUT2D eigenvalue weighted by Crippen LogP contribution is 2.31. The summed E-state index contributed by atoms with van der Waals surface area (Å²) in [4.78, 5) is 0. The molecule has 0 bridgehead atoms. The lowest BCUT2D eigenvalue weighted by molar-refractivity contribution is 0.288. The quantitative estimate of drug-likeness (QED) is 0.884. The van der Waals surface area contributed by atoms with E-state index in [0.29, 0.717) is 6.04 Å². The lowest BCUT2D eigenvalue weighted by Gasteiger charge is -2.11. The maximum Gasteiger partial charge on any atom is 0.0530 e. The number of benzene rings is 1. The number of aromatic nitrogens is 1. The summed E-state index contributed by atoms with van der Waals surface area (Å²) >= 11 is 6.22. The zero-order valence-electron chi connectivity index (χ0n) is 11.2. The molecule has 1 N–H and O–H groups in total. The van der Waals surface area contributed by atoms with Crippen molar-refractivity contribution in [1.82, 2.24) is 4.57 Å². The van der Waals surface area contributed by atoms with Crippen LogP contribution in [0.15, 0.2) is 18.3 Å². The predicted molar refractivity (Wildman–Crippen MR) is 77.5 cm³/mol. The zero-order valence-corrected chi connectivity index (χ0v) is 12.0. The fourth-order valence-corrected chi connectivity index (χ4v) is 2.60. The number of aliphatic hydroxyl groups excluding tert-OH is 1. The number of rotatable bonds is 4. The molecule has 0 saturated heterocycles. The van der Waals surface area contributed by atoms with E-state index in [4.69, 9.17) is 16.7 Å². The molecule has 3 heteroatoms. The van der Waals surface area contributed by atoms with Crippen molar-refractivity contribution in [3.05, 3.63) is 34.5 Å². The number of aryl methyl sites for hydroxylation is 2. The van der Waals surface area contributed by atoms with Gasteiger partial charge >= 0.3 is 0 Å². The molecule has 0 aliphatic rings. The normalized spacial score (nSPS) is 11.7. The third kappa shape index (κ3) is 2.27. The maximum atomic E-state index is 8.99. The molecule has 18 heavy (non-hydrogen) atoms. The molecule has 1 heterocycles. The SMILES string of the molecule is Cc1c(Cl)ccc2c(CCCO)cn(C(C)C)c12. The maximum absolute atomic E-state index is 8.99. The van der Waals surface area contributed by atoms with Gasteiger partial charge in [0.05, 0.1) is 5.52 Å². The minimum atomic E-state index is 0.237. The van der Waals surface area contributed by atoms with E-state index in [1.807, 2.05) is 6.07 Å². The number of halogens is 1. The molecule has 0 amide bonds. The van der Waals surface area contributed by atoms with E-state index in [2.05, 4.69) is 37.6 Å². The average molecular weight is 266 g/mol. The van der Waals surface area contributed by atoms with Gasteiger partial charge in [0.1, 0.15) is 0 Å². The standard InChI is InChI=1S/C15H20ClNO/c1-10(2)17-9-12(5-4-8-18)13-6-7-14(16)11(3)15(13)17/h6-7,9-10,18H,4-5,8H2,1-3H3. The van der Waals surface area contributed by atoms with Gasteiger partial charge in [-0.2, -0.15) is 0 Å². The first-order chi connectivity index (χ1) is 8.56. The van der Waals surface area contributed by atoms with Crippen molar-refractivity contribution in [3.8, 4) is 0 Å². The molecule has 2 aromatic rings. The molecule has 2 rings (SSSR count). The predicted octanol–water partition coefficient (Wildman–Crippen LogP) is 4.11. The molecule has 1 aromatic carbocycles. The van der Waals surface area contributed by atoms with Gasteiger partial charge in [-0.1, -0.05) is 17.7 Å². The van der Waals surface area contributed by atoms with E-state index in [1.165, 1.54) is 16.5 Å². The molecule has 0 unspecified atom stereocenters. The Balaban J connectivity index is 2.64. The molecule has 0 fully saturated rings. The lowest BCUT2D eigenvalue weighted by atomic mass is 10.1. The van der Waals surface area contributed by atoms with Crippen LogP contribution in [-0.2, 0) is 6.42 Å². The van der Waals surface area contributed by atoms with Crippen LogP contribution in [0.25, 0.3) is 10.9 Å². The molecule has 0 aliphatic heterocycles. The fourth-order valence-electron chi connectivity index (χ4n) is 2.45. The van der Waals surface area contributed by atoms with Crippen LogP contribution >= 0.6 is 11.6 Å². The fraction of sp³-hybridized carbons (Fsp3) is 0.467. The third-order valence-electron chi connectivity index (χ3n) is 3.42. The Labute approximate surface area is 113 Å². The highest BCUT2D eigenvalue weighted by Gasteiger charge is 2.13.